The molecule has 3 N–H and O–H groups in total. The molecule has 0 saturated carbocycles. The largest absolute Gasteiger partial charge is 0.467 e. The Morgan fingerprint density at radius 2 is 2.13 bits per heavy atom. The monoisotopic (exact) mass is 431 g/mol. The number of nitrogens with one attached hydrogen (secondary N) is 1. The number of thioether (sulfide) groups is 1. The number of aryl methyl sites for hydroxylation is 2. The lowest BCUT2D eigenvalue weighted by Gasteiger charge is -2.13. The molecule has 30 heavy (non-hydrogen) atoms. The summed E-state index contributed by atoms with van der Waals surface area (Å²) in [6.45, 7) is 3.73. The summed E-state index contributed by atoms with van der Waals surface area (Å²) in [4.78, 5) is 23.7. The third-order valence-electron chi connectivity index (χ3n) is 4.37. The zero-order valence-electron chi connectivity index (χ0n) is 16.6. The summed E-state index contributed by atoms with van der Waals surface area (Å²) >= 11 is 1.21. The molecule has 0 aliphatic carbocycles. The maximum atomic E-state index is 13.7. The van der Waals surface area contributed by atoms with Gasteiger partial charge < -0.3 is 15.5 Å². The van der Waals surface area contributed by atoms with Gasteiger partial charge in [0, 0.05) is 18.5 Å². The predicted molar refractivity (Wildman–Crippen MR) is 110 cm³/mol. The fraction of sp³-hybridized carbons (Fsp3) is 0.300. The number of amides is 2. The summed E-state index contributed by atoms with van der Waals surface area (Å²) < 4.78 is 20.9. The van der Waals surface area contributed by atoms with Crippen LogP contribution in [0.1, 0.15) is 30.5 Å². The first-order chi connectivity index (χ1) is 14.3. The van der Waals surface area contributed by atoms with Crippen molar-refractivity contribution in [1.82, 2.24) is 14.8 Å². The van der Waals surface area contributed by atoms with Gasteiger partial charge in [-0.3, -0.25) is 14.2 Å². The summed E-state index contributed by atoms with van der Waals surface area (Å²) in [5.74, 6) is 0.139. The lowest BCUT2D eigenvalue weighted by atomic mass is 10.2. The van der Waals surface area contributed by atoms with Crippen LogP contribution in [0.25, 0.3) is 0 Å². The molecule has 0 bridgehead atoms. The number of carbonyl (C=O) groups excluding carboxylic acids is 2. The van der Waals surface area contributed by atoms with Gasteiger partial charge in [-0.1, -0.05) is 17.8 Å². The van der Waals surface area contributed by atoms with Gasteiger partial charge in [0.15, 0.2) is 5.16 Å². The van der Waals surface area contributed by atoms with Gasteiger partial charge in [-0.15, -0.1) is 10.2 Å². The minimum atomic E-state index is -0.530. The molecular formula is C20H22FN5O3S. The number of aromatic nitrogens is 3. The Labute approximate surface area is 177 Å². The van der Waals surface area contributed by atoms with Crippen molar-refractivity contribution in [1.29, 1.82) is 0 Å². The summed E-state index contributed by atoms with van der Waals surface area (Å²) in [5, 5.41) is 11.0. The maximum absolute atomic E-state index is 13.7. The van der Waals surface area contributed by atoms with Crippen molar-refractivity contribution in [2.45, 2.75) is 43.6 Å². The van der Waals surface area contributed by atoms with Crippen molar-refractivity contribution >= 4 is 29.3 Å². The van der Waals surface area contributed by atoms with Crippen LogP contribution in [0.2, 0.25) is 0 Å². The molecular weight excluding hydrogens is 409 g/mol. The van der Waals surface area contributed by atoms with Gasteiger partial charge in [0.05, 0.1) is 18.1 Å². The third kappa shape index (κ3) is 5.47. The molecule has 0 radical (unpaired) electrons. The van der Waals surface area contributed by atoms with Gasteiger partial charge in [-0.05, 0) is 43.7 Å². The number of nitrogens with zero attached hydrogens (tertiary/aromatic N) is 3. The van der Waals surface area contributed by atoms with Gasteiger partial charge in [-0.25, -0.2) is 4.39 Å². The average Bonchev–Trinajstić information content (AvgIpc) is 3.34. The van der Waals surface area contributed by atoms with Crippen LogP contribution in [-0.2, 0) is 22.6 Å². The number of nitrogens with two attached hydrogens (primary N) is 1. The fourth-order valence-corrected chi connectivity index (χ4v) is 3.54. The molecule has 2 heterocycles. The molecule has 158 valence electrons. The Balaban J connectivity index is 1.74. The van der Waals surface area contributed by atoms with E-state index < -0.39 is 11.2 Å². The van der Waals surface area contributed by atoms with Crippen molar-refractivity contribution < 1.29 is 18.4 Å². The number of carbonyl (C=O) groups is 2. The number of anilines is 1. The standard InChI is InChI=1S/C20H22FN5O3S/c1-12-5-6-14(10-16(12)21)23-19(28)13(2)30-20-25-24-18(8-7-17(22)27)26(20)11-15-4-3-9-29-15/h3-6,9-10,13H,7-8,11H2,1-2H3,(H2,22,27)(H,23,28)/t13-/m0/s1. The van der Waals surface area contributed by atoms with E-state index in [9.17, 15) is 14.0 Å². The van der Waals surface area contributed by atoms with Crippen LogP contribution in [0.4, 0.5) is 10.1 Å². The Bertz CT molecular complexity index is 1040. The predicted octanol–water partition coefficient (Wildman–Crippen LogP) is 2.90. The molecule has 0 saturated heterocycles. The van der Waals surface area contributed by atoms with Crippen LogP contribution >= 0.6 is 11.8 Å². The zero-order valence-corrected chi connectivity index (χ0v) is 17.4. The van der Waals surface area contributed by atoms with Crippen molar-refractivity contribution in [3.05, 3.63) is 59.6 Å². The minimum absolute atomic E-state index is 0.135. The van der Waals surface area contributed by atoms with Crippen LogP contribution < -0.4 is 11.1 Å². The van der Waals surface area contributed by atoms with Gasteiger partial charge in [-0.2, -0.15) is 0 Å². The summed E-state index contributed by atoms with van der Waals surface area (Å²) in [5.41, 5.74) is 6.14. The summed E-state index contributed by atoms with van der Waals surface area (Å²) in [6.07, 6.45) is 2.02. The molecule has 0 aliphatic rings. The minimum Gasteiger partial charge on any atom is -0.467 e. The Hall–Kier alpha value is -3.14. The molecule has 0 spiro atoms. The Morgan fingerprint density at radius 3 is 2.80 bits per heavy atom. The van der Waals surface area contributed by atoms with E-state index in [1.165, 1.54) is 17.8 Å². The summed E-state index contributed by atoms with van der Waals surface area (Å²) in [7, 11) is 0. The van der Waals surface area contributed by atoms with E-state index in [0.717, 1.165) is 0 Å². The number of halogens is 1. The maximum Gasteiger partial charge on any atom is 0.237 e. The number of benzene rings is 1. The highest BCUT2D eigenvalue weighted by molar-refractivity contribution is 8.00. The van der Waals surface area contributed by atoms with E-state index in [4.69, 9.17) is 10.2 Å². The molecule has 1 aromatic carbocycles. The quantitative estimate of drug-likeness (QED) is 0.503. The number of hydrogen-bond donors (Lipinski definition) is 2. The van der Waals surface area contributed by atoms with Crippen LogP contribution in [0.5, 0.6) is 0 Å². The number of rotatable bonds is 9. The number of primary amides is 1. The molecule has 2 aromatic heterocycles. The van der Waals surface area contributed by atoms with Crippen molar-refractivity contribution in [2.75, 3.05) is 5.32 Å². The first-order valence-corrected chi connectivity index (χ1v) is 10.2. The highest BCUT2D eigenvalue weighted by Crippen LogP contribution is 2.25. The lowest BCUT2D eigenvalue weighted by Crippen LogP contribution is -2.23. The van der Waals surface area contributed by atoms with Crippen LogP contribution in [0.15, 0.2) is 46.2 Å². The Kier molecular flexibility index (Phi) is 6.88. The second-order valence-corrected chi connectivity index (χ2v) is 8.05. The molecule has 3 rings (SSSR count). The molecule has 0 unspecified atom stereocenters. The molecule has 3 aromatic rings. The molecule has 0 fully saturated rings. The van der Waals surface area contributed by atoms with Gasteiger partial charge in [0.2, 0.25) is 11.8 Å². The summed E-state index contributed by atoms with van der Waals surface area (Å²) in [6, 6.07) is 8.12. The molecule has 2 amide bonds. The van der Waals surface area contributed by atoms with Crippen molar-refractivity contribution in [3.8, 4) is 0 Å². The van der Waals surface area contributed by atoms with Crippen LogP contribution in [-0.4, -0.2) is 31.8 Å². The second kappa shape index (κ2) is 9.57. The van der Waals surface area contributed by atoms with Gasteiger partial charge in [0.1, 0.15) is 17.4 Å². The molecule has 8 nitrogen and oxygen atoms in total. The van der Waals surface area contributed by atoms with Crippen molar-refractivity contribution in [2.24, 2.45) is 5.73 Å². The topological polar surface area (TPSA) is 116 Å². The lowest BCUT2D eigenvalue weighted by molar-refractivity contribution is -0.118. The molecule has 10 heteroatoms. The third-order valence-corrected chi connectivity index (χ3v) is 5.45. The van der Waals surface area contributed by atoms with E-state index in [1.54, 1.807) is 42.9 Å². The first-order valence-electron chi connectivity index (χ1n) is 9.30. The zero-order chi connectivity index (χ0) is 21.7. The van der Waals surface area contributed by atoms with E-state index in [2.05, 4.69) is 15.5 Å². The van der Waals surface area contributed by atoms with E-state index in [0.29, 0.717) is 41.0 Å². The van der Waals surface area contributed by atoms with Gasteiger partial charge in [0.25, 0.3) is 0 Å². The smallest absolute Gasteiger partial charge is 0.237 e. The van der Waals surface area contributed by atoms with E-state index in [-0.39, 0.29) is 18.1 Å². The number of furan rings is 1. The SMILES string of the molecule is Cc1ccc(NC(=O)[C@H](C)Sc2nnc(CCC(N)=O)n2Cc2ccco2)cc1F. The average molecular weight is 431 g/mol. The fourth-order valence-electron chi connectivity index (χ4n) is 2.67. The van der Waals surface area contributed by atoms with Crippen LogP contribution in [0, 0.1) is 12.7 Å². The van der Waals surface area contributed by atoms with Crippen molar-refractivity contribution in [3.63, 3.8) is 0 Å². The normalized spacial score (nSPS) is 12.0. The second-order valence-electron chi connectivity index (χ2n) is 6.74. The number of hydrogen-bond acceptors (Lipinski definition) is 6. The molecule has 1 atom stereocenters. The first kappa shape index (κ1) is 21.6. The van der Waals surface area contributed by atoms with E-state index in [1.807, 2.05) is 6.07 Å². The highest BCUT2D eigenvalue weighted by Gasteiger charge is 2.21. The van der Waals surface area contributed by atoms with E-state index >= 15 is 0 Å². The Morgan fingerprint density at radius 1 is 1.33 bits per heavy atom. The molecule has 0 aliphatic heterocycles. The highest BCUT2D eigenvalue weighted by atomic mass is 32.2. The van der Waals surface area contributed by atoms with Gasteiger partial charge >= 0.3 is 0 Å². The van der Waals surface area contributed by atoms with Crippen LogP contribution in [0.3, 0.4) is 0 Å².